The predicted octanol–water partition coefficient (Wildman–Crippen LogP) is 1.38. The average molecular weight is 207 g/mol. The summed E-state index contributed by atoms with van der Waals surface area (Å²) in [5.41, 5.74) is 0. The smallest absolute Gasteiger partial charge is 0.133 e. The fraction of sp³-hybridized carbons (Fsp3) is 0.857. The van der Waals surface area contributed by atoms with Crippen LogP contribution >= 0.6 is 15.9 Å². The van der Waals surface area contributed by atoms with Crippen LogP contribution in [0.5, 0.6) is 0 Å². The Morgan fingerprint density at radius 3 is 3.10 bits per heavy atom. The van der Waals surface area contributed by atoms with E-state index in [1.165, 1.54) is 0 Å². The van der Waals surface area contributed by atoms with Gasteiger partial charge in [0.15, 0.2) is 0 Å². The highest BCUT2D eigenvalue weighted by molar-refractivity contribution is 9.09. The zero-order chi connectivity index (χ0) is 7.40. The van der Waals surface area contributed by atoms with E-state index in [1.807, 2.05) is 0 Å². The first kappa shape index (κ1) is 8.21. The number of alkyl halides is 1. The molecule has 58 valence electrons. The molecule has 0 spiro atoms. The molecule has 0 radical (unpaired) electrons. The molecule has 2 atom stereocenters. The van der Waals surface area contributed by atoms with Crippen molar-refractivity contribution in [2.75, 3.05) is 13.2 Å². The maximum absolute atomic E-state index is 10.2. The minimum Gasteiger partial charge on any atom is -0.381 e. The Bertz CT molecular complexity index is 110. The molecule has 1 heterocycles. The van der Waals surface area contributed by atoms with Gasteiger partial charge >= 0.3 is 0 Å². The highest BCUT2D eigenvalue weighted by Crippen LogP contribution is 2.20. The summed E-state index contributed by atoms with van der Waals surface area (Å²) in [6.07, 6.45) is 2.97. The van der Waals surface area contributed by atoms with Gasteiger partial charge < -0.3 is 9.53 Å². The quantitative estimate of drug-likeness (QED) is 0.516. The van der Waals surface area contributed by atoms with Gasteiger partial charge in [0.1, 0.15) is 6.29 Å². The normalized spacial score (nSPS) is 28.3. The number of carbonyl (C=O) groups is 1. The number of rotatable bonds is 3. The van der Waals surface area contributed by atoms with Gasteiger partial charge in [-0.05, 0) is 18.8 Å². The fourth-order valence-electron chi connectivity index (χ4n) is 1.14. The van der Waals surface area contributed by atoms with E-state index in [-0.39, 0.29) is 4.83 Å². The van der Waals surface area contributed by atoms with Gasteiger partial charge in [0.2, 0.25) is 0 Å². The topological polar surface area (TPSA) is 26.3 Å². The largest absolute Gasteiger partial charge is 0.381 e. The number of hydrogen-bond acceptors (Lipinski definition) is 2. The molecule has 1 aliphatic rings. The zero-order valence-electron chi connectivity index (χ0n) is 5.75. The zero-order valence-corrected chi connectivity index (χ0v) is 7.34. The molecule has 1 aliphatic heterocycles. The highest BCUT2D eigenvalue weighted by Gasteiger charge is 2.18. The molecule has 3 heteroatoms. The molecule has 0 aromatic heterocycles. The molecule has 10 heavy (non-hydrogen) atoms. The number of aldehydes is 1. The Morgan fingerprint density at radius 1 is 1.80 bits per heavy atom. The molecule has 1 saturated heterocycles. The molecule has 0 amide bonds. The van der Waals surface area contributed by atoms with Gasteiger partial charge in [0.05, 0.1) is 4.83 Å². The summed E-state index contributed by atoms with van der Waals surface area (Å²) in [5.74, 6) is 0.592. The molecular formula is C7H11BrO2. The summed E-state index contributed by atoms with van der Waals surface area (Å²) in [6, 6.07) is 0. The van der Waals surface area contributed by atoms with Crippen molar-refractivity contribution in [2.24, 2.45) is 5.92 Å². The Morgan fingerprint density at radius 2 is 2.60 bits per heavy atom. The molecule has 0 aromatic carbocycles. The number of ether oxygens (including phenoxy) is 1. The van der Waals surface area contributed by atoms with E-state index in [1.54, 1.807) is 0 Å². The van der Waals surface area contributed by atoms with Gasteiger partial charge in [0.25, 0.3) is 0 Å². The van der Waals surface area contributed by atoms with E-state index in [0.29, 0.717) is 5.92 Å². The van der Waals surface area contributed by atoms with Crippen LogP contribution in [0, 0.1) is 5.92 Å². The molecule has 0 aromatic rings. The van der Waals surface area contributed by atoms with E-state index < -0.39 is 0 Å². The van der Waals surface area contributed by atoms with Crippen molar-refractivity contribution in [1.29, 1.82) is 0 Å². The van der Waals surface area contributed by atoms with E-state index in [2.05, 4.69) is 15.9 Å². The molecule has 0 N–H and O–H groups in total. The molecule has 0 bridgehead atoms. The Balaban J connectivity index is 2.17. The summed E-state index contributed by atoms with van der Waals surface area (Å²) in [6.45, 7) is 1.69. The molecule has 0 unspecified atom stereocenters. The summed E-state index contributed by atoms with van der Waals surface area (Å²) in [4.78, 5) is 10.2. The van der Waals surface area contributed by atoms with Crippen molar-refractivity contribution in [3.63, 3.8) is 0 Å². The van der Waals surface area contributed by atoms with Crippen molar-refractivity contribution >= 4 is 22.2 Å². The third kappa shape index (κ3) is 2.39. The Hall–Kier alpha value is 0.110. The van der Waals surface area contributed by atoms with Crippen molar-refractivity contribution in [2.45, 2.75) is 17.7 Å². The monoisotopic (exact) mass is 206 g/mol. The SMILES string of the molecule is O=C[C@H](Br)C[C@@H]1CCOC1. The molecule has 0 aliphatic carbocycles. The second-order valence-electron chi connectivity index (χ2n) is 2.62. The van der Waals surface area contributed by atoms with Crippen LogP contribution in [0.25, 0.3) is 0 Å². The maximum Gasteiger partial charge on any atom is 0.133 e. The van der Waals surface area contributed by atoms with E-state index >= 15 is 0 Å². The van der Waals surface area contributed by atoms with Gasteiger partial charge in [-0.2, -0.15) is 0 Å². The van der Waals surface area contributed by atoms with Crippen LogP contribution in [0.2, 0.25) is 0 Å². The van der Waals surface area contributed by atoms with Crippen molar-refractivity contribution < 1.29 is 9.53 Å². The lowest BCUT2D eigenvalue weighted by Crippen LogP contribution is -2.08. The lowest BCUT2D eigenvalue weighted by atomic mass is 10.0. The Kier molecular flexibility index (Phi) is 3.35. The number of carbonyl (C=O) groups excluding carboxylic acids is 1. The minimum absolute atomic E-state index is 0.0270. The summed E-state index contributed by atoms with van der Waals surface area (Å²) in [5, 5.41) is 0. The lowest BCUT2D eigenvalue weighted by molar-refractivity contribution is -0.107. The van der Waals surface area contributed by atoms with Crippen molar-refractivity contribution in [3.8, 4) is 0 Å². The molecule has 0 saturated carbocycles. The van der Waals surface area contributed by atoms with Gasteiger partial charge in [-0.1, -0.05) is 15.9 Å². The minimum atomic E-state index is 0.0270. The van der Waals surface area contributed by atoms with Gasteiger partial charge in [0, 0.05) is 13.2 Å². The van der Waals surface area contributed by atoms with Crippen LogP contribution in [0.15, 0.2) is 0 Å². The second kappa shape index (κ2) is 4.09. The first-order valence-electron chi connectivity index (χ1n) is 3.50. The van der Waals surface area contributed by atoms with Crippen LogP contribution in [0.1, 0.15) is 12.8 Å². The molecular weight excluding hydrogens is 196 g/mol. The number of hydrogen-bond donors (Lipinski definition) is 0. The standard InChI is InChI=1S/C7H11BrO2/c8-7(4-9)3-6-1-2-10-5-6/h4,6-7H,1-3,5H2/t6-,7+/m0/s1. The van der Waals surface area contributed by atoms with Crippen LogP contribution in [0.4, 0.5) is 0 Å². The molecule has 2 nitrogen and oxygen atoms in total. The Labute approximate surface area is 69.1 Å². The fourth-order valence-corrected chi connectivity index (χ4v) is 1.67. The third-order valence-corrected chi connectivity index (χ3v) is 2.32. The number of halogens is 1. The van der Waals surface area contributed by atoms with E-state index in [0.717, 1.165) is 32.3 Å². The molecule has 1 rings (SSSR count). The van der Waals surface area contributed by atoms with Crippen LogP contribution < -0.4 is 0 Å². The van der Waals surface area contributed by atoms with E-state index in [9.17, 15) is 4.79 Å². The van der Waals surface area contributed by atoms with Crippen LogP contribution in [-0.4, -0.2) is 24.3 Å². The maximum atomic E-state index is 10.2. The predicted molar refractivity (Wildman–Crippen MR) is 42.3 cm³/mol. The third-order valence-electron chi connectivity index (χ3n) is 1.73. The second-order valence-corrected chi connectivity index (χ2v) is 3.79. The van der Waals surface area contributed by atoms with Crippen LogP contribution in [-0.2, 0) is 9.53 Å². The first-order valence-corrected chi connectivity index (χ1v) is 4.41. The lowest BCUT2D eigenvalue weighted by Gasteiger charge is -2.06. The van der Waals surface area contributed by atoms with Gasteiger partial charge in [-0.15, -0.1) is 0 Å². The van der Waals surface area contributed by atoms with Crippen molar-refractivity contribution in [3.05, 3.63) is 0 Å². The summed E-state index contributed by atoms with van der Waals surface area (Å²) >= 11 is 3.26. The first-order chi connectivity index (χ1) is 4.83. The average Bonchev–Trinajstić information content (AvgIpc) is 2.40. The van der Waals surface area contributed by atoms with Crippen molar-refractivity contribution in [1.82, 2.24) is 0 Å². The van der Waals surface area contributed by atoms with Gasteiger partial charge in [-0.25, -0.2) is 0 Å². The van der Waals surface area contributed by atoms with Crippen LogP contribution in [0.3, 0.4) is 0 Å². The summed E-state index contributed by atoms with van der Waals surface area (Å²) in [7, 11) is 0. The van der Waals surface area contributed by atoms with Gasteiger partial charge in [-0.3, -0.25) is 0 Å². The highest BCUT2D eigenvalue weighted by atomic mass is 79.9. The summed E-state index contributed by atoms with van der Waals surface area (Å²) < 4.78 is 5.17. The van der Waals surface area contributed by atoms with E-state index in [4.69, 9.17) is 4.74 Å². The molecule has 1 fully saturated rings.